The van der Waals surface area contributed by atoms with Crippen LogP contribution < -0.4 is 0 Å². The van der Waals surface area contributed by atoms with E-state index < -0.39 is 0 Å². The number of aromatic nitrogens is 3. The van der Waals surface area contributed by atoms with E-state index in [1.165, 1.54) is 148 Å². The van der Waals surface area contributed by atoms with Crippen molar-refractivity contribution in [1.29, 1.82) is 0 Å². The van der Waals surface area contributed by atoms with Crippen LogP contribution in [0.2, 0.25) is 0 Å². The highest BCUT2D eigenvalue weighted by molar-refractivity contribution is 6.28. The largest absolute Gasteiger partial charge is 0.308 e. The molecule has 0 fully saturated rings. The summed E-state index contributed by atoms with van der Waals surface area (Å²) in [5, 5.41) is 15.5. The number of fused-ring (bicyclic) bond motifs is 18. The van der Waals surface area contributed by atoms with Crippen LogP contribution in [-0.2, 0) is 0 Å². The average Bonchev–Trinajstić information content (AvgIpc) is 4.18. The van der Waals surface area contributed by atoms with Gasteiger partial charge in [-0.1, -0.05) is 115 Å². The minimum atomic E-state index is 1.23. The second-order valence-corrected chi connectivity index (χ2v) is 17.7. The average molecular weight is 796 g/mol. The van der Waals surface area contributed by atoms with E-state index in [0.29, 0.717) is 0 Å². The summed E-state index contributed by atoms with van der Waals surface area (Å²) in [5.41, 5.74) is 18.8. The Morgan fingerprint density at radius 1 is 0.175 bits per heavy atom. The summed E-state index contributed by atoms with van der Waals surface area (Å²) < 4.78 is 7.46. The van der Waals surface area contributed by atoms with Crippen LogP contribution in [0.4, 0.5) is 0 Å². The van der Waals surface area contributed by atoms with Crippen LogP contribution >= 0.6 is 0 Å². The van der Waals surface area contributed by atoms with Crippen LogP contribution in [0.25, 0.3) is 148 Å². The Morgan fingerprint density at radius 3 is 0.825 bits per heavy atom. The third-order valence-electron chi connectivity index (χ3n) is 14.6. The first-order chi connectivity index (χ1) is 31.2. The zero-order valence-corrected chi connectivity index (χ0v) is 33.9. The molecule has 0 aliphatic heterocycles. The van der Waals surface area contributed by atoms with Crippen molar-refractivity contribution < 1.29 is 0 Å². The molecule has 63 heavy (non-hydrogen) atoms. The lowest BCUT2D eigenvalue weighted by Crippen LogP contribution is -1.84. The van der Waals surface area contributed by atoms with Gasteiger partial charge in [-0.05, 0) is 118 Å². The van der Waals surface area contributed by atoms with E-state index in [9.17, 15) is 0 Å². The summed E-state index contributed by atoms with van der Waals surface area (Å²) in [7, 11) is 0. The molecule has 6 heterocycles. The topological polar surface area (TPSA) is 13.2 Å². The van der Waals surface area contributed by atoms with E-state index in [4.69, 9.17) is 0 Å². The van der Waals surface area contributed by atoms with Crippen LogP contribution in [0.5, 0.6) is 0 Å². The molecule has 6 aromatic heterocycles. The molecule has 3 nitrogen and oxygen atoms in total. The van der Waals surface area contributed by atoms with Crippen molar-refractivity contribution in [2.75, 3.05) is 0 Å². The van der Waals surface area contributed by atoms with Crippen molar-refractivity contribution in [2.45, 2.75) is 0 Å². The molecule has 0 unspecified atom stereocenters. The summed E-state index contributed by atoms with van der Waals surface area (Å²) in [6.07, 6.45) is 0. The Kier molecular flexibility index (Phi) is 5.80. The van der Waals surface area contributed by atoms with Crippen molar-refractivity contribution >= 4 is 114 Å². The smallest absolute Gasteiger partial charge is 0.0620 e. The molecule has 0 saturated carbocycles. The van der Waals surface area contributed by atoms with Gasteiger partial charge in [-0.2, -0.15) is 0 Å². The van der Waals surface area contributed by atoms with Gasteiger partial charge in [0.1, 0.15) is 0 Å². The Labute approximate surface area is 359 Å². The van der Waals surface area contributed by atoms with Crippen molar-refractivity contribution in [3.05, 3.63) is 200 Å². The zero-order chi connectivity index (χ0) is 40.7. The first-order valence-corrected chi connectivity index (χ1v) is 21.9. The summed E-state index contributed by atoms with van der Waals surface area (Å²) in [5.74, 6) is 0. The number of hydrogen-bond acceptors (Lipinski definition) is 0. The minimum absolute atomic E-state index is 1.23. The zero-order valence-electron chi connectivity index (χ0n) is 33.9. The van der Waals surface area contributed by atoms with Crippen molar-refractivity contribution in [2.24, 2.45) is 0 Å². The molecule has 0 N–H and O–H groups in total. The number of hydrogen-bond donors (Lipinski definition) is 0. The number of para-hydroxylation sites is 4. The lowest BCUT2D eigenvalue weighted by Gasteiger charge is -2.08. The number of rotatable bonds is 3. The fraction of sp³-hybridized carbons (Fsp3) is 0. The Hall–Kier alpha value is -8.40. The molecule has 3 heteroatoms. The molecule has 0 atom stereocenters. The molecular formula is C60H33N3. The van der Waals surface area contributed by atoms with Gasteiger partial charge in [0.15, 0.2) is 0 Å². The van der Waals surface area contributed by atoms with Gasteiger partial charge in [0.25, 0.3) is 0 Å². The maximum Gasteiger partial charge on any atom is 0.0620 e. The van der Waals surface area contributed by atoms with Gasteiger partial charge >= 0.3 is 0 Å². The van der Waals surface area contributed by atoms with Gasteiger partial charge in [-0.25, -0.2) is 0 Å². The number of nitrogens with zero attached hydrogens (tertiary/aromatic N) is 3. The van der Waals surface area contributed by atoms with Crippen LogP contribution in [0.3, 0.4) is 0 Å². The van der Waals surface area contributed by atoms with Gasteiger partial charge < -0.3 is 13.2 Å². The molecule has 0 aliphatic carbocycles. The maximum absolute atomic E-state index is 2.52. The van der Waals surface area contributed by atoms with E-state index in [2.05, 4.69) is 213 Å². The SMILES string of the molecule is c1ccc(-c2ccc3c(c2)c2cc(-c4cc5c6ccccc6n6c7ccccc7c(c4)c56)cc4c5cc(-c6cc7c8ccccc8n8c9ccccc9c(c6)c78)ccc5n3c24)cc1. The fourth-order valence-corrected chi connectivity index (χ4v) is 11.9. The van der Waals surface area contributed by atoms with Gasteiger partial charge in [0.2, 0.25) is 0 Å². The highest BCUT2D eigenvalue weighted by Gasteiger charge is 2.24. The van der Waals surface area contributed by atoms with Gasteiger partial charge in [-0.3, -0.25) is 0 Å². The fourth-order valence-electron chi connectivity index (χ4n) is 11.9. The van der Waals surface area contributed by atoms with Gasteiger partial charge in [0, 0.05) is 64.6 Å². The maximum atomic E-state index is 2.52. The van der Waals surface area contributed by atoms with E-state index in [-0.39, 0.29) is 0 Å². The summed E-state index contributed by atoms with van der Waals surface area (Å²) >= 11 is 0. The molecule has 16 rings (SSSR count). The van der Waals surface area contributed by atoms with Crippen molar-refractivity contribution in [3.63, 3.8) is 0 Å². The Bertz CT molecular complexity index is 4430. The second kappa shape index (κ2) is 11.3. The molecular weight excluding hydrogens is 763 g/mol. The molecule has 16 aromatic rings. The van der Waals surface area contributed by atoms with Gasteiger partial charge in [0.05, 0.1) is 49.7 Å². The van der Waals surface area contributed by atoms with Crippen LogP contribution in [0, 0.1) is 0 Å². The minimum Gasteiger partial charge on any atom is -0.308 e. The molecule has 0 aliphatic rings. The molecule has 0 saturated heterocycles. The van der Waals surface area contributed by atoms with Gasteiger partial charge in [-0.15, -0.1) is 0 Å². The van der Waals surface area contributed by atoms with E-state index >= 15 is 0 Å². The molecule has 0 spiro atoms. The molecule has 0 radical (unpaired) electrons. The first kappa shape index (κ1) is 32.4. The summed E-state index contributed by atoms with van der Waals surface area (Å²) in [4.78, 5) is 0. The van der Waals surface area contributed by atoms with Crippen molar-refractivity contribution in [3.8, 4) is 33.4 Å². The second-order valence-electron chi connectivity index (χ2n) is 17.7. The van der Waals surface area contributed by atoms with Crippen LogP contribution in [0.15, 0.2) is 200 Å². The Morgan fingerprint density at radius 2 is 0.444 bits per heavy atom. The monoisotopic (exact) mass is 795 g/mol. The summed E-state index contributed by atoms with van der Waals surface area (Å²) in [6, 6.07) is 75.2. The summed E-state index contributed by atoms with van der Waals surface area (Å²) in [6.45, 7) is 0. The quantitative estimate of drug-likeness (QED) is 0.169. The predicted molar refractivity (Wildman–Crippen MR) is 267 cm³/mol. The molecule has 10 aromatic carbocycles. The first-order valence-electron chi connectivity index (χ1n) is 21.9. The lowest BCUT2D eigenvalue weighted by atomic mass is 9.94. The highest BCUT2D eigenvalue weighted by atomic mass is 14.9. The van der Waals surface area contributed by atoms with E-state index in [1.807, 2.05) is 0 Å². The normalized spacial score (nSPS) is 12.8. The molecule has 288 valence electrons. The Balaban J connectivity index is 1.01. The third-order valence-corrected chi connectivity index (χ3v) is 14.6. The third kappa shape index (κ3) is 3.97. The highest BCUT2D eigenvalue weighted by Crippen LogP contribution is 2.47. The standard InChI is InChI=1S/C60H33N3/c1-2-12-34(13-3-1)35-22-24-56-44(26-35)50-32-39(38-30-48-42-16-6-10-20-54(42)62-55-21-11-7-17-43(55)49(31-38)59(48)62)33-51-45-27-36(23-25-57(45)63(56)60(50)51)37-28-46-40-14-4-8-18-52(40)61-53-19-9-5-15-41(53)47(29-37)58(46)61/h1-33H. The van der Waals surface area contributed by atoms with Crippen LogP contribution in [0.1, 0.15) is 0 Å². The van der Waals surface area contributed by atoms with Crippen LogP contribution in [-0.4, -0.2) is 13.2 Å². The van der Waals surface area contributed by atoms with E-state index in [0.717, 1.165) is 0 Å². The molecule has 0 amide bonds. The number of benzene rings is 10. The molecule has 0 bridgehead atoms. The predicted octanol–water partition coefficient (Wildman–Crippen LogP) is 16.1. The van der Waals surface area contributed by atoms with Crippen molar-refractivity contribution in [1.82, 2.24) is 13.2 Å². The lowest BCUT2D eigenvalue weighted by molar-refractivity contribution is 1.37. The van der Waals surface area contributed by atoms with E-state index in [1.54, 1.807) is 0 Å².